The van der Waals surface area contributed by atoms with Gasteiger partial charge in [0.15, 0.2) is 0 Å². The second-order valence-electron chi connectivity index (χ2n) is 5.86. The van der Waals surface area contributed by atoms with Gasteiger partial charge in [-0.05, 0) is 24.3 Å². The van der Waals surface area contributed by atoms with Crippen molar-refractivity contribution in [2.45, 2.75) is 0 Å². The molecule has 122 valence electrons. The molecule has 0 radical (unpaired) electrons. The van der Waals surface area contributed by atoms with Crippen molar-refractivity contribution in [3.63, 3.8) is 0 Å². The first kappa shape index (κ1) is 14.8. The van der Waals surface area contributed by atoms with Crippen LogP contribution in [0.15, 0.2) is 54.6 Å². The molecule has 0 spiro atoms. The van der Waals surface area contributed by atoms with Gasteiger partial charge in [-0.1, -0.05) is 30.3 Å². The van der Waals surface area contributed by atoms with Gasteiger partial charge in [0.1, 0.15) is 5.82 Å². The van der Waals surface area contributed by atoms with Crippen LogP contribution in [0.1, 0.15) is 0 Å². The second-order valence-corrected chi connectivity index (χ2v) is 5.86. The molecule has 2 aromatic carbocycles. The van der Waals surface area contributed by atoms with Gasteiger partial charge in [-0.15, -0.1) is 0 Å². The summed E-state index contributed by atoms with van der Waals surface area (Å²) in [6.07, 6.45) is 0. The molecule has 0 unspecified atom stereocenters. The maximum atomic E-state index is 5.28. The zero-order valence-electron chi connectivity index (χ0n) is 13.7. The quantitative estimate of drug-likeness (QED) is 0.742. The van der Waals surface area contributed by atoms with Gasteiger partial charge in [0.05, 0.1) is 12.6 Å². The summed E-state index contributed by atoms with van der Waals surface area (Å²) in [5.74, 6) is 0.963. The van der Waals surface area contributed by atoms with Crippen molar-refractivity contribution in [1.29, 1.82) is 0 Å². The molecule has 1 fully saturated rings. The van der Waals surface area contributed by atoms with Gasteiger partial charge in [-0.25, -0.2) is 0 Å². The molecule has 1 aliphatic rings. The van der Waals surface area contributed by atoms with E-state index in [4.69, 9.17) is 4.74 Å². The highest BCUT2D eigenvalue weighted by Crippen LogP contribution is 2.27. The van der Waals surface area contributed by atoms with Crippen molar-refractivity contribution in [1.82, 2.24) is 9.97 Å². The van der Waals surface area contributed by atoms with Gasteiger partial charge < -0.3 is 14.5 Å². The Morgan fingerprint density at radius 2 is 1.46 bits per heavy atom. The lowest BCUT2D eigenvalue weighted by atomic mass is 10.2. The molecule has 0 saturated carbocycles. The first-order valence-corrected chi connectivity index (χ1v) is 8.21. The van der Waals surface area contributed by atoms with Crippen molar-refractivity contribution in [3.8, 4) is 6.01 Å². The lowest BCUT2D eigenvalue weighted by molar-refractivity contribution is 0.381. The maximum absolute atomic E-state index is 5.28. The molecule has 3 aromatic rings. The molecule has 0 amide bonds. The van der Waals surface area contributed by atoms with Crippen molar-refractivity contribution in [2.24, 2.45) is 0 Å². The Balaban J connectivity index is 1.60. The van der Waals surface area contributed by atoms with Gasteiger partial charge in [-0.3, -0.25) is 0 Å². The van der Waals surface area contributed by atoms with Crippen LogP contribution in [-0.4, -0.2) is 43.3 Å². The van der Waals surface area contributed by atoms with Gasteiger partial charge in [-0.2, -0.15) is 9.97 Å². The fourth-order valence-electron chi connectivity index (χ4n) is 3.19. The molecule has 5 heteroatoms. The summed E-state index contributed by atoms with van der Waals surface area (Å²) >= 11 is 0. The molecule has 1 aromatic heterocycles. The number of rotatable bonds is 3. The number of methoxy groups -OCH3 is 1. The number of benzene rings is 2. The predicted octanol–water partition coefficient (Wildman–Crippen LogP) is 2.97. The molecular formula is C19H20N4O. The number of ether oxygens (including phenoxy) is 1. The van der Waals surface area contributed by atoms with Crippen molar-refractivity contribution in [3.05, 3.63) is 54.6 Å². The fraction of sp³-hybridized carbons (Fsp3) is 0.263. The number of aromatic nitrogens is 2. The van der Waals surface area contributed by atoms with Gasteiger partial charge in [0.2, 0.25) is 0 Å². The topological polar surface area (TPSA) is 41.5 Å². The minimum Gasteiger partial charge on any atom is -0.467 e. The van der Waals surface area contributed by atoms with Gasteiger partial charge >= 0.3 is 6.01 Å². The number of hydrogen-bond acceptors (Lipinski definition) is 5. The number of para-hydroxylation sites is 2. The van der Waals surface area contributed by atoms with E-state index < -0.39 is 0 Å². The molecule has 0 N–H and O–H groups in total. The van der Waals surface area contributed by atoms with Gasteiger partial charge in [0, 0.05) is 37.3 Å². The average molecular weight is 320 g/mol. The molecule has 4 rings (SSSR count). The van der Waals surface area contributed by atoms with E-state index in [1.165, 1.54) is 5.69 Å². The van der Waals surface area contributed by atoms with Gasteiger partial charge in [0.25, 0.3) is 0 Å². The summed E-state index contributed by atoms with van der Waals surface area (Å²) in [4.78, 5) is 13.8. The molecule has 24 heavy (non-hydrogen) atoms. The molecule has 0 bridgehead atoms. The Hall–Kier alpha value is -2.82. The monoisotopic (exact) mass is 320 g/mol. The summed E-state index contributed by atoms with van der Waals surface area (Å²) in [5.41, 5.74) is 2.20. The third-order valence-corrected chi connectivity index (χ3v) is 4.45. The first-order valence-electron chi connectivity index (χ1n) is 8.21. The Morgan fingerprint density at radius 3 is 2.21 bits per heavy atom. The highest BCUT2D eigenvalue weighted by molar-refractivity contribution is 5.89. The zero-order valence-corrected chi connectivity index (χ0v) is 13.7. The van der Waals surface area contributed by atoms with E-state index in [1.54, 1.807) is 7.11 Å². The largest absolute Gasteiger partial charge is 0.467 e. The Bertz CT molecular complexity index is 829. The van der Waals surface area contributed by atoms with Crippen LogP contribution in [-0.2, 0) is 0 Å². The van der Waals surface area contributed by atoms with Crippen molar-refractivity contribution >= 4 is 22.4 Å². The fourth-order valence-corrected chi connectivity index (χ4v) is 3.19. The van der Waals surface area contributed by atoms with Crippen molar-refractivity contribution in [2.75, 3.05) is 43.1 Å². The van der Waals surface area contributed by atoms with Crippen LogP contribution in [0.2, 0.25) is 0 Å². The second kappa shape index (κ2) is 6.35. The van der Waals surface area contributed by atoms with Crippen LogP contribution >= 0.6 is 0 Å². The van der Waals surface area contributed by atoms with Crippen LogP contribution in [0.3, 0.4) is 0 Å². The maximum Gasteiger partial charge on any atom is 0.318 e. The van der Waals surface area contributed by atoms with E-state index in [-0.39, 0.29) is 0 Å². The zero-order chi connectivity index (χ0) is 16.4. The number of anilines is 2. The minimum absolute atomic E-state index is 0.425. The summed E-state index contributed by atoms with van der Waals surface area (Å²) in [6.45, 7) is 3.81. The predicted molar refractivity (Wildman–Crippen MR) is 97.0 cm³/mol. The normalized spacial score (nSPS) is 14.9. The van der Waals surface area contributed by atoms with Crippen LogP contribution in [0.5, 0.6) is 6.01 Å². The molecule has 0 atom stereocenters. The van der Waals surface area contributed by atoms with E-state index in [2.05, 4.69) is 56.2 Å². The summed E-state index contributed by atoms with van der Waals surface area (Å²) in [5, 5.41) is 1.08. The summed E-state index contributed by atoms with van der Waals surface area (Å²) < 4.78 is 5.28. The van der Waals surface area contributed by atoms with E-state index >= 15 is 0 Å². The number of fused-ring (bicyclic) bond motifs is 1. The van der Waals surface area contributed by atoms with Crippen molar-refractivity contribution < 1.29 is 4.74 Å². The van der Waals surface area contributed by atoms with Crippen LogP contribution in [0, 0.1) is 0 Å². The van der Waals surface area contributed by atoms with E-state index in [0.717, 1.165) is 42.9 Å². The van der Waals surface area contributed by atoms with Crippen LogP contribution < -0.4 is 14.5 Å². The molecule has 1 saturated heterocycles. The first-order chi connectivity index (χ1) is 11.8. The van der Waals surface area contributed by atoms with E-state index in [0.29, 0.717) is 6.01 Å². The highest BCUT2D eigenvalue weighted by Gasteiger charge is 2.21. The number of hydrogen-bond donors (Lipinski definition) is 0. The summed E-state index contributed by atoms with van der Waals surface area (Å²) in [7, 11) is 1.61. The highest BCUT2D eigenvalue weighted by atomic mass is 16.5. The summed E-state index contributed by atoms with van der Waals surface area (Å²) in [6, 6.07) is 19.1. The average Bonchev–Trinajstić information content (AvgIpc) is 2.68. The Morgan fingerprint density at radius 1 is 0.792 bits per heavy atom. The molecule has 0 aliphatic carbocycles. The Labute approximate surface area is 141 Å². The molecular weight excluding hydrogens is 300 g/mol. The van der Waals surface area contributed by atoms with E-state index in [1.807, 2.05) is 18.2 Å². The lowest BCUT2D eigenvalue weighted by Crippen LogP contribution is -2.46. The Kier molecular flexibility index (Phi) is 3.91. The SMILES string of the molecule is COc1nc(N2CCN(c3ccccc3)CC2)c2ccccc2n1. The minimum atomic E-state index is 0.425. The standard InChI is InChI=1S/C19H20N4O/c1-24-19-20-17-10-6-5-9-16(17)18(21-19)23-13-11-22(12-14-23)15-7-3-2-4-8-15/h2-10H,11-14H2,1H3. The number of nitrogens with zero attached hydrogens (tertiary/aromatic N) is 4. The number of piperazine rings is 1. The molecule has 1 aliphatic heterocycles. The molecule has 2 heterocycles. The van der Waals surface area contributed by atoms with Crippen LogP contribution in [0.25, 0.3) is 10.9 Å². The lowest BCUT2D eigenvalue weighted by Gasteiger charge is -2.37. The van der Waals surface area contributed by atoms with E-state index in [9.17, 15) is 0 Å². The third kappa shape index (κ3) is 2.73. The third-order valence-electron chi connectivity index (χ3n) is 4.45. The molecule has 5 nitrogen and oxygen atoms in total. The van der Waals surface area contributed by atoms with Crippen LogP contribution in [0.4, 0.5) is 11.5 Å². The smallest absolute Gasteiger partial charge is 0.318 e.